The van der Waals surface area contributed by atoms with E-state index in [2.05, 4.69) is 0 Å². The molecule has 1 aromatic rings. The van der Waals surface area contributed by atoms with Gasteiger partial charge in [0.2, 0.25) is 0 Å². The molecule has 6 heteroatoms. The predicted molar refractivity (Wildman–Crippen MR) is 63.2 cm³/mol. The fraction of sp³-hybridized carbons (Fsp3) is 0.273. The summed E-state index contributed by atoms with van der Waals surface area (Å²) in [5.74, 6) is -1.26. The summed E-state index contributed by atoms with van der Waals surface area (Å²) in [6, 6.07) is 4.63. The number of β-amino-alcohol motifs (C(OH)–C–C–N with tert-alkyl or cyclic N) is 1. The summed E-state index contributed by atoms with van der Waals surface area (Å²) in [7, 11) is 0. The molecule has 0 spiro atoms. The molecule has 0 aromatic heterocycles. The number of fused-ring (bicyclic) bond motifs is 1. The van der Waals surface area contributed by atoms with Gasteiger partial charge < -0.3 is 15.7 Å². The number of amides is 1. The Morgan fingerprint density at radius 2 is 2.12 bits per heavy atom. The number of nitrogens with zero attached hydrogens (tertiary/aromatic N) is 1. The molecular formula is C11H11ClN2O3. The van der Waals surface area contributed by atoms with Crippen LogP contribution in [0.1, 0.15) is 10.4 Å². The van der Waals surface area contributed by atoms with Crippen molar-refractivity contribution in [1.29, 1.82) is 0 Å². The van der Waals surface area contributed by atoms with Gasteiger partial charge in [-0.1, -0.05) is 11.6 Å². The van der Waals surface area contributed by atoms with Crippen molar-refractivity contribution in [2.24, 2.45) is 5.73 Å². The summed E-state index contributed by atoms with van der Waals surface area (Å²) in [4.78, 5) is 24.6. The quantitative estimate of drug-likeness (QED) is 0.755. The number of ketones is 1. The average molecular weight is 255 g/mol. The maximum Gasteiger partial charge on any atom is 0.299 e. The lowest BCUT2D eigenvalue weighted by atomic mass is 10.1. The van der Waals surface area contributed by atoms with Crippen LogP contribution in [0.25, 0.3) is 0 Å². The van der Waals surface area contributed by atoms with Crippen molar-refractivity contribution in [2.45, 2.75) is 6.10 Å². The van der Waals surface area contributed by atoms with Gasteiger partial charge in [0.25, 0.3) is 11.7 Å². The normalized spacial score (nSPS) is 16.3. The number of benzene rings is 1. The largest absolute Gasteiger partial charge is 0.390 e. The zero-order chi connectivity index (χ0) is 12.6. The van der Waals surface area contributed by atoms with Gasteiger partial charge in [-0.2, -0.15) is 0 Å². The molecule has 90 valence electrons. The van der Waals surface area contributed by atoms with Crippen LogP contribution in [0.4, 0.5) is 5.69 Å². The van der Waals surface area contributed by atoms with Crippen LogP contribution < -0.4 is 10.6 Å². The van der Waals surface area contributed by atoms with Gasteiger partial charge in [-0.05, 0) is 18.2 Å². The third-order valence-electron chi connectivity index (χ3n) is 2.60. The Morgan fingerprint density at radius 1 is 1.41 bits per heavy atom. The van der Waals surface area contributed by atoms with Crippen LogP contribution in [0.3, 0.4) is 0 Å². The smallest absolute Gasteiger partial charge is 0.299 e. The number of hydrogen-bond donors (Lipinski definition) is 2. The summed E-state index contributed by atoms with van der Waals surface area (Å²) >= 11 is 5.77. The molecule has 0 bridgehead atoms. The Kier molecular flexibility index (Phi) is 3.15. The molecule has 0 aliphatic carbocycles. The summed E-state index contributed by atoms with van der Waals surface area (Å²) in [6.45, 7) is 0.0383. The minimum absolute atomic E-state index is 0.00963. The van der Waals surface area contributed by atoms with Crippen molar-refractivity contribution in [3.05, 3.63) is 28.8 Å². The summed E-state index contributed by atoms with van der Waals surface area (Å²) in [6.07, 6.45) is -0.853. The van der Waals surface area contributed by atoms with Crippen LogP contribution in [-0.4, -0.2) is 36.0 Å². The maximum absolute atomic E-state index is 11.7. The molecule has 1 aromatic carbocycles. The molecule has 1 heterocycles. The highest BCUT2D eigenvalue weighted by Crippen LogP contribution is 2.31. The Balaban J connectivity index is 2.38. The summed E-state index contributed by atoms with van der Waals surface area (Å²) in [5, 5.41) is 9.84. The average Bonchev–Trinajstić information content (AvgIpc) is 2.54. The van der Waals surface area contributed by atoms with Gasteiger partial charge in [-0.15, -0.1) is 0 Å². The third kappa shape index (κ3) is 2.04. The highest BCUT2D eigenvalue weighted by molar-refractivity contribution is 6.52. The van der Waals surface area contributed by atoms with Crippen LogP contribution in [0.5, 0.6) is 0 Å². The summed E-state index contributed by atoms with van der Waals surface area (Å²) in [5.41, 5.74) is 6.02. The minimum Gasteiger partial charge on any atom is -0.390 e. The molecule has 5 nitrogen and oxygen atoms in total. The van der Waals surface area contributed by atoms with E-state index in [1.54, 1.807) is 12.1 Å². The van der Waals surface area contributed by atoms with Gasteiger partial charge in [0.1, 0.15) is 0 Å². The van der Waals surface area contributed by atoms with Gasteiger partial charge in [0, 0.05) is 11.6 Å². The van der Waals surface area contributed by atoms with E-state index in [0.717, 1.165) is 0 Å². The molecule has 2 rings (SSSR count). The molecule has 1 atom stereocenters. The highest BCUT2D eigenvalue weighted by Gasteiger charge is 2.36. The van der Waals surface area contributed by atoms with Gasteiger partial charge in [0.05, 0.1) is 23.9 Å². The lowest BCUT2D eigenvalue weighted by Gasteiger charge is -2.19. The molecule has 0 saturated heterocycles. The van der Waals surface area contributed by atoms with E-state index in [1.807, 2.05) is 0 Å². The first-order valence-corrected chi connectivity index (χ1v) is 5.46. The fourth-order valence-corrected chi connectivity index (χ4v) is 1.91. The van der Waals surface area contributed by atoms with Crippen molar-refractivity contribution >= 4 is 29.0 Å². The van der Waals surface area contributed by atoms with Gasteiger partial charge in [-0.3, -0.25) is 9.59 Å². The van der Waals surface area contributed by atoms with E-state index in [4.69, 9.17) is 17.3 Å². The second kappa shape index (κ2) is 4.44. The van der Waals surface area contributed by atoms with Crippen molar-refractivity contribution in [3.63, 3.8) is 0 Å². The van der Waals surface area contributed by atoms with Crippen LogP contribution >= 0.6 is 11.6 Å². The second-order valence-corrected chi connectivity index (χ2v) is 4.23. The molecule has 1 unspecified atom stereocenters. The highest BCUT2D eigenvalue weighted by atomic mass is 35.5. The van der Waals surface area contributed by atoms with Crippen molar-refractivity contribution < 1.29 is 14.7 Å². The van der Waals surface area contributed by atoms with Crippen LogP contribution in [-0.2, 0) is 4.79 Å². The van der Waals surface area contributed by atoms with Crippen molar-refractivity contribution in [2.75, 3.05) is 18.0 Å². The van der Waals surface area contributed by atoms with E-state index in [9.17, 15) is 14.7 Å². The molecule has 0 fully saturated rings. The lowest BCUT2D eigenvalue weighted by Crippen LogP contribution is -2.39. The van der Waals surface area contributed by atoms with Crippen LogP contribution in [0.15, 0.2) is 18.2 Å². The Bertz CT molecular complexity index is 490. The maximum atomic E-state index is 11.7. The topological polar surface area (TPSA) is 83.6 Å². The van der Waals surface area contributed by atoms with E-state index < -0.39 is 17.8 Å². The zero-order valence-electron chi connectivity index (χ0n) is 8.89. The van der Waals surface area contributed by atoms with Crippen molar-refractivity contribution in [3.8, 4) is 0 Å². The van der Waals surface area contributed by atoms with Gasteiger partial charge in [-0.25, -0.2) is 0 Å². The SMILES string of the molecule is NCC(O)CN1C(=O)C(=O)c2cc(Cl)ccc21. The second-order valence-electron chi connectivity index (χ2n) is 3.80. The number of anilines is 1. The Labute approximate surface area is 103 Å². The van der Waals surface area contributed by atoms with E-state index in [-0.39, 0.29) is 18.7 Å². The first kappa shape index (κ1) is 12.0. The van der Waals surface area contributed by atoms with Gasteiger partial charge in [0.15, 0.2) is 0 Å². The fourth-order valence-electron chi connectivity index (χ4n) is 1.74. The number of halogens is 1. The lowest BCUT2D eigenvalue weighted by molar-refractivity contribution is -0.114. The number of aliphatic hydroxyl groups is 1. The zero-order valence-corrected chi connectivity index (χ0v) is 9.65. The number of Topliss-reactive ketones (excluding diaryl/α,β-unsaturated/α-hetero) is 1. The molecule has 3 N–H and O–H groups in total. The van der Waals surface area contributed by atoms with Crippen LogP contribution in [0.2, 0.25) is 5.02 Å². The van der Waals surface area contributed by atoms with Gasteiger partial charge >= 0.3 is 0 Å². The number of aliphatic hydroxyl groups excluding tert-OH is 1. The molecule has 17 heavy (non-hydrogen) atoms. The third-order valence-corrected chi connectivity index (χ3v) is 2.83. The molecule has 0 radical (unpaired) electrons. The number of carbonyl (C=O) groups excluding carboxylic acids is 2. The van der Waals surface area contributed by atoms with Crippen LogP contribution in [0, 0.1) is 0 Å². The Morgan fingerprint density at radius 3 is 2.76 bits per heavy atom. The molecule has 1 aliphatic rings. The standard InChI is InChI=1S/C11H11ClN2O3/c12-6-1-2-9-8(3-6)10(16)11(17)14(9)5-7(15)4-13/h1-3,7,15H,4-5,13H2. The first-order chi connectivity index (χ1) is 8.04. The molecule has 0 saturated carbocycles. The minimum atomic E-state index is -0.853. The Hall–Kier alpha value is -1.43. The van der Waals surface area contributed by atoms with E-state index in [1.165, 1.54) is 11.0 Å². The molecule has 1 amide bonds. The van der Waals surface area contributed by atoms with Crippen molar-refractivity contribution in [1.82, 2.24) is 0 Å². The monoisotopic (exact) mass is 254 g/mol. The number of rotatable bonds is 3. The number of nitrogens with two attached hydrogens (primary N) is 1. The number of hydrogen-bond acceptors (Lipinski definition) is 4. The molecular weight excluding hydrogens is 244 g/mol. The van der Waals surface area contributed by atoms with E-state index >= 15 is 0 Å². The molecule has 1 aliphatic heterocycles. The summed E-state index contributed by atoms with van der Waals surface area (Å²) < 4.78 is 0. The first-order valence-electron chi connectivity index (χ1n) is 5.08. The predicted octanol–water partition coefficient (Wildman–Crippen LogP) is 0.189. The number of carbonyl (C=O) groups is 2. The van der Waals surface area contributed by atoms with E-state index in [0.29, 0.717) is 10.7 Å².